The minimum Gasteiger partial charge on any atom is -0.396 e. The van der Waals surface area contributed by atoms with Gasteiger partial charge in [0.05, 0.1) is 13.1 Å². The second-order valence-corrected chi connectivity index (χ2v) is 7.01. The highest BCUT2D eigenvalue weighted by molar-refractivity contribution is 7.10. The fourth-order valence-electron chi connectivity index (χ4n) is 2.14. The molecule has 3 nitrogen and oxygen atoms in total. The molecule has 2 heterocycles. The van der Waals surface area contributed by atoms with Crippen molar-refractivity contribution >= 4 is 28.6 Å². The van der Waals surface area contributed by atoms with Gasteiger partial charge in [-0.15, -0.1) is 22.7 Å². The Labute approximate surface area is 133 Å². The maximum Gasteiger partial charge on any atom is 0.223 e. The molecule has 0 fully saturated rings. The van der Waals surface area contributed by atoms with Crippen molar-refractivity contribution in [2.24, 2.45) is 0 Å². The van der Waals surface area contributed by atoms with E-state index in [1.807, 2.05) is 27.8 Å². The van der Waals surface area contributed by atoms with Crippen LogP contribution in [-0.4, -0.2) is 22.5 Å². The van der Waals surface area contributed by atoms with Gasteiger partial charge >= 0.3 is 0 Å². The number of aliphatic hydroxyl groups is 1. The van der Waals surface area contributed by atoms with Crippen LogP contribution in [0.1, 0.15) is 35.4 Å². The van der Waals surface area contributed by atoms with Crippen LogP contribution < -0.4 is 0 Å². The van der Waals surface area contributed by atoms with Crippen molar-refractivity contribution in [1.29, 1.82) is 0 Å². The summed E-state index contributed by atoms with van der Waals surface area (Å²) in [4.78, 5) is 16.8. The average molecular weight is 323 g/mol. The average Bonchev–Trinajstić information content (AvgIpc) is 3.16. The summed E-state index contributed by atoms with van der Waals surface area (Å²) in [6.45, 7) is 1.59. The van der Waals surface area contributed by atoms with Crippen LogP contribution in [0.25, 0.3) is 0 Å². The molecule has 2 aromatic heterocycles. The van der Waals surface area contributed by atoms with Crippen LogP contribution in [0.2, 0.25) is 0 Å². The van der Waals surface area contributed by atoms with Crippen molar-refractivity contribution in [3.05, 3.63) is 44.8 Å². The Hall–Kier alpha value is -1.17. The van der Waals surface area contributed by atoms with Crippen molar-refractivity contribution < 1.29 is 9.90 Å². The molecule has 0 aromatic carbocycles. The lowest BCUT2D eigenvalue weighted by Gasteiger charge is -2.21. The van der Waals surface area contributed by atoms with Crippen LogP contribution in [0.3, 0.4) is 0 Å². The molecule has 0 aliphatic carbocycles. The fourth-order valence-corrected chi connectivity index (χ4v) is 3.58. The second kappa shape index (κ2) is 8.97. The summed E-state index contributed by atoms with van der Waals surface area (Å²) in [5.41, 5.74) is 0. The van der Waals surface area contributed by atoms with Crippen LogP contribution in [0.4, 0.5) is 0 Å². The van der Waals surface area contributed by atoms with Gasteiger partial charge in [0, 0.05) is 22.8 Å². The summed E-state index contributed by atoms with van der Waals surface area (Å²) in [6.07, 6.45) is 3.11. The summed E-state index contributed by atoms with van der Waals surface area (Å²) in [6, 6.07) is 8.19. The molecule has 0 radical (unpaired) electrons. The number of unbranched alkanes of at least 4 members (excludes halogenated alkanes) is 2. The normalized spacial score (nSPS) is 10.7. The first-order valence-corrected chi connectivity index (χ1v) is 8.99. The van der Waals surface area contributed by atoms with E-state index in [4.69, 9.17) is 5.11 Å². The Morgan fingerprint density at radius 1 is 1.00 bits per heavy atom. The first-order chi connectivity index (χ1) is 10.3. The highest BCUT2D eigenvalue weighted by atomic mass is 32.1. The Bertz CT molecular complexity index is 472. The van der Waals surface area contributed by atoms with Crippen molar-refractivity contribution in [1.82, 2.24) is 4.90 Å². The Kier molecular flexibility index (Phi) is 6.92. The largest absolute Gasteiger partial charge is 0.396 e. The van der Waals surface area contributed by atoms with E-state index in [0.29, 0.717) is 19.5 Å². The van der Waals surface area contributed by atoms with Gasteiger partial charge < -0.3 is 10.0 Å². The molecule has 5 heteroatoms. The number of carbonyl (C=O) groups is 1. The van der Waals surface area contributed by atoms with Gasteiger partial charge in [-0.2, -0.15) is 0 Å². The van der Waals surface area contributed by atoms with Crippen molar-refractivity contribution in [2.75, 3.05) is 6.61 Å². The number of hydrogen-bond acceptors (Lipinski definition) is 4. The molecular weight excluding hydrogens is 302 g/mol. The molecule has 2 aromatic rings. The van der Waals surface area contributed by atoms with Gasteiger partial charge in [0.15, 0.2) is 0 Å². The number of aliphatic hydroxyl groups excluding tert-OH is 1. The zero-order valence-corrected chi connectivity index (χ0v) is 13.7. The van der Waals surface area contributed by atoms with E-state index in [1.54, 1.807) is 22.7 Å². The van der Waals surface area contributed by atoms with E-state index in [1.165, 1.54) is 9.75 Å². The SMILES string of the molecule is O=C(CCCCCO)N(Cc1cccs1)Cc1cccs1. The summed E-state index contributed by atoms with van der Waals surface area (Å²) in [7, 11) is 0. The molecule has 1 amide bonds. The van der Waals surface area contributed by atoms with Gasteiger partial charge in [-0.25, -0.2) is 0 Å². The zero-order valence-electron chi connectivity index (χ0n) is 12.0. The van der Waals surface area contributed by atoms with Gasteiger partial charge in [0.1, 0.15) is 0 Å². The van der Waals surface area contributed by atoms with Gasteiger partial charge in [-0.3, -0.25) is 4.79 Å². The molecule has 0 saturated carbocycles. The molecule has 21 heavy (non-hydrogen) atoms. The first-order valence-electron chi connectivity index (χ1n) is 7.23. The first kappa shape index (κ1) is 16.2. The number of hydrogen-bond donors (Lipinski definition) is 1. The van der Waals surface area contributed by atoms with Crippen LogP contribution in [-0.2, 0) is 17.9 Å². The molecule has 2 rings (SSSR count). The van der Waals surface area contributed by atoms with E-state index in [-0.39, 0.29) is 12.5 Å². The Balaban J connectivity index is 1.92. The predicted octanol–water partition coefficient (Wildman–Crippen LogP) is 3.89. The zero-order chi connectivity index (χ0) is 14.9. The molecule has 0 unspecified atom stereocenters. The lowest BCUT2D eigenvalue weighted by atomic mass is 10.2. The molecule has 0 bridgehead atoms. The summed E-state index contributed by atoms with van der Waals surface area (Å²) < 4.78 is 0. The lowest BCUT2D eigenvalue weighted by Crippen LogP contribution is -2.29. The predicted molar refractivity (Wildman–Crippen MR) is 88.4 cm³/mol. The van der Waals surface area contributed by atoms with E-state index in [9.17, 15) is 4.79 Å². The smallest absolute Gasteiger partial charge is 0.223 e. The van der Waals surface area contributed by atoms with E-state index in [2.05, 4.69) is 12.1 Å². The van der Waals surface area contributed by atoms with Crippen molar-refractivity contribution in [2.45, 2.75) is 38.8 Å². The maximum atomic E-state index is 12.4. The molecule has 0 aliphatic rings. The van der Waals surface area contributed by atoms with Crippen LogP contribution in [0, 0.1) is 0 Å². The third kappa shape index (κ3) is 5.61. The van der Waals surface area contributed by atoms with E-state index >= 15 is 0 Å². The molecule has 0 atom stereocenters. The van der Waals surface area contributed by atoms with Crippen LogP contribution in [0.15, 0.2) is 35.0 Å². The lowest BCUT2D eigenvalue weighted by molar-refractivity contribution is -0.132. The Morgan fingerprint density at radius 3 is 2.10 bits per heavy atom. The number of nitrogens with zero attached hydrogens (tertiary/aromatic N) is 1. The highest BCUT2D eigenvalue weighted by Crippen LogP contribution is 2.18. The minimum atomic E-state index is 0.203. The fraction of sp³-hybridized carbons (Fsp3) is 0.438. The van der Waals surface area contributed by atoms with E-state index < -0.39 is 0 Å². The third-order valence-electron chi connectivity index (χ3n) is 3.26. The number of thiophene rings is 2. The number of carbonyl (C=O) groups excluding carboxylic acids is 1. The maximum absolute atomic E-state index is 12.4. The van der Waals surface area contributed by atoms with Gasteiger partial charge in [-0.05, 0) is 35.7 Å². The summed E-state index contributed by atoms with van der Waals surface area (Å²) >= 11 is 3.38. The quantitative estimate of drug-likeness (QED) is 0.711. The van der Waals surface area contributed by atoms with Crippen molar-refractivity contribution in [3.8, 4) is 0 Å². The summed E-state index contributed by atoms with van der Waals surface area (Å²) in [5.74, 6) is 0.203. The van der Waals surface area contributed by atoms with Gasteiger partial charge in [0.2, 0.25) is 5.91 Å². The monoisotopic (exact) mass is 323 g/mol. The third-order valence-corrected chi connectivity index (χ3v) is 4.98. The summed E-state index contributed by atoms with van der Waals surface area (Å²) in [5, 5.41) is 12.9. The molecule has 0 saturated heterocycles. The van der Waals surface area contributed by atoms with Gasteiger partial charge in [0.25, 0.3) is 0 Å². The number of rotatable bonds is 9. The van der Waals surface area contributed by atoms with Crippen LogP contribution >= 0.6 is 22.7 Å². The topological polar surface area (TPSA) is 40.5 Å². The molecule has 0 aliphatic heterocycles. The molecule has 0 spiro atoms. The Morgan fingerprint density at radius 2 is 1.62 bits per heavy atom. The highest BCUT2D eigenvalue weighted by Gasteiger charge is 2.15. The van der Waals surface area contributed by atoms with Crippen LogP contribution in [0.5, 0.6) is 0 Å². The minimum absolute atomic E-state index is 0.203. The molecule has 1 N–H and O–H groups in total. The standard InChI is InChI=1S/C16H21NO2S2/c18-9-3-1-2-8-16(19)17(12-14-6-4-10-20-14)13-15-7-5-11-21-15/h4-7,10-11,18H,1-3,8-9,12-13H2. The number of amides is 1. The molecule has 114 valence electrons. The molecular formula is C16H21NO2S2. The van der Waals surface area contributed by atoms with Crippen molar-refractivity contribution in [3.63, 3.8) is 0 Å². The van der Waals surface area contributed by atoms with E-state index in [0.717, 1.165) is 19.3 Å². The van der Waals surface area contributed by atoms with Gasteiger partial charge in [-0.1, -0.05) is 18.6 Å². The second-order valence-electron chi connectivity index (χ2n) is 4.94.